The molecule has 5 nitrogen and oxygen atoms in total. The monoisotopic (exact) mass is 367 g/mol. The zero-order valence-corrected chi connectivity index (χ0v) is 15.7. The number of benzene rings is 2. The van der Waals surface area contributed by atoms with E-state index < -0.39 is 0 Å². The molecule has 6 heteroatoms. The highest BCUT2D eigenvalue weighted by molar-refractivity contribution is 7.99. The van der Waals surface area contributed by atoms with Gasteiger partial charge in [0, 0.05) is 19.0 Å². The van der Waals surface area contributed by atoms with Gasteiger partial charge in [-0.2, -0.15) is 0 Å². The molecule has 0 aliphatic heterocycles. The molecular formula is C20H21N3O2S. The number of aromatic nitrogens is 2. The molecule has 3 aromatic rings. The number of Topliss-reactive ketones (excluding diaryl/α,β-unsaturated/α-hetero) is 1. The Kier molecular flexibility index (Phi) is 5.73. The predicted molar refractivity (Wildman–Crippen MR) is 105 cm³/mol. The normalized spacial score (nSPS) is 10.8. The van der Waals surface area contributed by atoms with Gasteiger partial charge in [-0.1, -0.05) is 42.1 Å². The van der Waals surface area contributed by atoms with Crippen LogP contribution in [-0.4, -0.2) is 34.0 Å². The minimum absolute atomic E-state index is 0.0328. The van der Waals surface area contributed by atoms with Crippen LogP contribution in [-0.2, 0) is 11.2 Å². The second-order valence-corrected chi connectivity index (χ2v) is 7.17. The molecule has 0 bridgehead atoms. The largest absolute Gasteiger partial charge is 0.356 e. The molecular weight excluding hydrogens is 346 g/mol. The highest BCUT2D eigenvalue weighted by atomic mass is 32.2. The summed E-state index contributed by atoms with van der Waals surface area (Å²) in [7, 11) is 0. The van der Waals surface area contributed by atoms with E-state index in [1.165, 1.54) is 24.2 Å². The Labute approximate surface area is 156 Å². The topological polar surface area (TPSA) is 74.8 Å². The summed E-state index contributed by atoms with van der Waals surface area (Å²) in [5, 5.41) is 3.52. The maximum atomic E-state index is 12.4. The standard InChI is InChI=1S/C20H21N3O2S/c1-13-3-8-17-18(11-13)23-20(22-17)26-12-19(25)16-6-4-15(5-7-16)9-10-21-14(2)24/h3-8,11H,9-10,12H2,1-2H3,(H,21,24)(H,22,23). The number of H-pyrrole nitrogens is 1. The number of ketones is 1. The maximum Gasteiger partial charge on any atom is 0.216 e. The van der Waals surface area contributed by atoms with Crippen molar-refractivity contribution in [2.24, 2.45) is 0 Å². The summed E-state index contributed by atoms with van der Waals surface area (Å²) in [6.45, 7) is 4.14. The molecule has 0 spiro atoms. The smallest absolute Gasteiger partial charge is 0.216 e. The molecule has 0 aliphatic rings. The van der Waals surface area contributed by atoms with E-state index in [9.17, 15) is 9.59 Å². The minimum Gasteiger partial charge on any atom is -0.356 e. The van der Waals surface area contributed by atoms with E-state index in [4.69, 9.17) is 0 Å². The molecule has 0 saturated heterocycles. The molecule has 1 heterocycles. The maximum absolute atomic E-state index is 12.4. The molecule has 134 valence electrons. The first-order valence-electron chi connectivity index (χ1n) is 8.47. The average molecular weight is 367 g/mol. The van der Waals surface area contributed by atoms with E-state index in [1.807, 2.05) is 49.4 Å². The third kappa shape index (κ3) is 4.73. The van der Waals surface area contributed by atoms with Crippen LogP contribution in [0.1, 0.15) is 28.4 Å². The van der Waals surface area contributed by atoms with Crippen molar-refractivity contribution in [2.75, 3.05) is 12.3 Å². The van der Waals surface area contributed by atoms with Gasteiger partial charge < -0.3 is 10.3 Å². The van der Waals surface area contributed by atoms with Gasteiger partial charge in [-0.3, -0.25) is 9.59 Å². The van der Waals surface area contributed by atoms with Crippen LogP contribution < -0.4 is 5.32 Å². The number of nitrogens with zero attached hydrogens (tertiary/aromatic N) is 1. The van der Waals surface area contributed by atoms with E-state index in [2.05, 4.69) is 15.3 Å². The fraction of sp³-hybridized carbons (Fsp3) is 0.250. The van der Waals surface area contributed by atoms with Crippen molar-refractivity contribution in [1.29, 1.82) is 0 Å². The molecule has 26 heavy (non-hydrogen) atoms. The quantitative estimate of drug-likeness (QED) is 0.495. The van der Waals surface area contributed by atoms with Gasteiger partial charge >= 0.3 is 0 Å². The summed E-state index contributed by atoms with van der Waals surface area (Å²) in [4.78, 5) is 31.0. The summed E-state index contributed by atoms with van der Waals surface area (Å²) in [5.74, 6) is 0.374. The van der Waals surface area contributed by atoms with Gasteiger partial charge in [-0.15, -0.1) is 0 Å². The van der Waals surface area contributed by atoms with Gasteiger partial charge in [0.2, 0.25) is 5.91 Å². The van der Waals surface area contributed by atoms with E-state index in [1.54, 1.807) is 0 Å². The van der Waals surface area contributed by atoms with Gasteiger partial charge in [0.15, 0.2) is 10.9 Å². The number of carbonyl (C=O) groups is 2. The van der Waals surface area contributed by atoms with E-state index in [0.29, 0.717) is 17.9 Å². The Morgan fingerprint density at radius 1 is 1.15 bits per heavy atom. The first-order valence-corrected chi connectivity index (χ1v) is 9.45. The highest BCUT2D eigenvalue weighted by Gasteiger charge is 2.09. The lowest BCUT2D eigenvalue weighted by Gasteiger charge is -2.04. The van der Waals surface area contributed by atoms with Crippen molar-refractivity contribution in [1.82, 2.24) is 15.3 Å². The summed E-state index contributed by atoms with van der Waals surface area (Å²) >= 11 is 1.41. The predicted octanol–water partition coefficient (Wildman–Crippen LogP) is 3.52. The molecule has 1 amide bonds. The van der Waals surface area contributed by atoms with Gasteiger partial charge in [-0.05, 0) is 36.6 Å². The van der Waals surface area contributed by atoms with Crippen LogP contribution in [0.25, 0.3) is 11.0 Å². The number of amides is 1. The van der Waals surface area contributed by atoms with Crippen LogP contribution in [0.5, 0.6) is 0 Å². The van der Waals surface area contributed by atoms with Crippen LogP contribution in [0.4, 0.5) is 0 Å². The molecule has 1 aromatic heterocycles. The number of nitrogens with one attached hydrogen (secondary N) is 2. The lowest BCUT2D eigenvalue weighted by atomic mass is 10.1. The van der Waals surface area contributed by atoms with E-state index in [0.717, 1.165) is 28.2 Å². The van der Waals surface area contributed by atoms with Crippen LogP contribution in [0.3, 0.4) is 0 Å². The zero-order chi connectivity index (χ0) is 18.5. The number of thioether (sulfide) groups is 1. The average Bonchev–Trinajstić information content (AvgIpc) is 3.02. The van der Waals surface area contributed by atoms with Crippen molar-refractivity contribution in [3.63, 3.8) is 0 Å². The Hall–Kier alpha value is -2.60. The van der Waals surface area contributed by atoms with Gasteiger partial charge in [-0.25, -0.2) is 4.98 Å². The van der Waals surface area contributed by atoms with Crippen molar-refractivity contribution < 1.29 is 9.59 Å². The Bertz CT molecular complexity index is 932. The summed E-state index contributed by atoms with van der Waals surface area (Å²) in [5.41, 5.74) is 4.85. The molecule has 2 N–H and O–H groups in total. The molecule has 2 aromatic carbocycles. The van der Waals surface area contributed by atoms with Gasteiger partial charge in [0.05, 0.1) is 16.8 Å². The fourth-order valence-corrected chi connectivity index (χ4v) is 3.41. The van der Waals surface area contributed by atoms with Crippen LogP contribution in [0.15, 0.2) is 47.6 Å². The number of aromatic amines is 1. The molecule has 0 saturated carbocycles. The fourth-order valence-electron chi connectivity index (χ4n) is 2.63. The van der Waals surface area contributed by atoms with Crippen LogP contribution >= 0.6 is 11.8 Å². The number of aryl methyl sites for hydroxylation is 1. The van der Waals surface area contributed by atoms with Crippen LogP contribution in [0, 0.1) is 6.92 Å². The Morgan fingerprint density at radius 2 is 1.92 bits per heavy atom. The number of imidazole rings is 1. The van der Waals surface area contributed by atoms with E-state index in [-0.39, 0.29) is 11.7 Å². The molecule has 0 fully saturated rings. The first-order chi connectivity index (χ1) is 12.5. The van der Waals surface area contributed by atoms with Crippen molar-refractivity contribution in [3.8, 4) is 0 Å². The Balaban J connectivity index is 1.56. The van der Waals surface area contributed by atoms with Crippen molar-refractivity contribution >= 4 is 34.5 Å². The highest BCUT2D eigenvalue weighted by Crippen LogP contribution is 2.21. The number of rotatable bonds is 7. The number of hydrogen-bond donors (Lipinski definition) is 2. The molecule has 0 atom stereocenters. The summed E-state index contributed by atoms with van der Waals surface area (Å²) in [6.07, 6.45) is 0.751. The van der Waals surface area contributed by atoms with E-state index >= 15 is 0 Å². The van der Waals surface area contributed by atoms with Crippen molar-refractivity contribution in [3.05, 3.63) is 59.2 Å². The van der Waals surface area contributed by atoms with Crippen LogP contribution in [0.2, 0.25) is 0 Å². The third-order valence-corrected chi connectivity index (χ3v) is 4.89. The number of fused-ring (bicyclic) bond motifs is 1. The Morgan fingerprint density at radius 3 is 2.65 bits per heavy atom. The first kappa shape index (κ1) is 18.2. The second kappa shape index (κ2) is 8.19. The summed E-state index contributed by atoms with van der Waals surface area (Å²) in [6, 6.07) is 13.6. The lowest BCUT2D eigenvalue weighted by molar-refractivity contribution is -0.118. The molecule has 3 rings (SSSR count). The SMILES string of the molecule is CC(=O)NCCc1ccc(C(=O)CSc2nc3ccc(C)cc3[nH]2)cc1. The summed E-state index contributed by atoms with van der Waals surface area (Å²) < 4.78 is 0. The molecule has 0 aliphatic carbocycles. The zero-order valence-electron chi connectivity index (χ0n) is 14.8. The number of hydrogen-bond acceptors (Lipinski definition) is 4. The van der Waals surface area contributed by atoms with Crippen molar-refractivity contribution in [2.45, 2.75) is 25.4 Å². The van der Waals surface area contributed by atoms with Gasteiger partial charge in [0.25, 0.3) is 0 Å². The van der Waals surface area contributed by atoms with Gasteiger partial charge in [0.1, 0.15) is 0 Å². The number of carbonyl (C=O) groups excluding carboxylic acids is 2. The lowest BCUT2D eigenvalue weighted by Crippen LogP contribution is -2.22. The molecule has 0 radical (unpaired) electrons. The third-order valence-electron chi connectivity index (χ3n) is 4.02. The minimum atomic E-state index is -0.0328. The second-order valence-electron chi connectivity index (χ2n) is 6.20. The molecule has 0 unspecified atom stereocenters.